The van der Waals surface area contributed by atoms with Crippen LogP contribution < -0.4 is 4.74 Å². The van der Waals surface area contributed by atoms with Crippen LogP contribution in [0.2, 0.25) is 0 Å². The van der Waals surface area contributed by atoms with Crippen molar-refractivity contribution in [2.75, 3.05) is 0 Å². The van der Waals surface area contributed by atoms with E-state index in [2.05, 4.69) is 18.6 Å². The van der Waals surface area contributed by atoms with Crippen LogP contribution in [0.3, 0.4) is 0 Å². The van der Waals surface area contributed by atoms with Gasteiger partial charge in [0, 0.05) is 0 Å². The van der Waals surface area contributed by atoms with Gasteiger partial charge in [0.25, 0.3) is 0 Å². The van der Waals surface area contributed by atoms with Gasteiger partial charge < -0.3 is 4.74 Å². The molecule has 0 radical (unpaired) electrons. The third-order valence-electron chi connectivity index (χ3n) is 9.08. The quantitative estimate of drug-likeness (QED) is 0.264. The van der Waals surface area contributed by atoms with Crippen LogP contribution in [-0.2, 0) is 18.7 Å². The lowest BCUT2D eigenvalue weighted by Gasteiger charge is -2.29. The highest BCUT2D eigenvalue weighted by molar-refractivity contribution is 5.39. The van der Waals surface area contributed by atoms with Gasteiger partial charge in [-0.05, 0) is 85.5 Å². The SMILES string of the molecule is CCCC1CCC(c2ccc(OC(F)(F)c3ccc(CCC4CCC(C)CC4)c(C(F)(F)F)c3F)c(F)c2F)CC1. The Bertz CT molecular complexity index is 1180. The van der Waals surface area contributed by atoms with Gasteiger partial charge in [0.2, 0.25) is 5.82 Å². The third kappa shape index (κ3) is 7.37. The molecule has 0 spiro atoms. The molecule has 1 nitrogen and oxygen atoms in total. The Balaban J connectivity index is 1.54. The Morgan fingerprint density at radius 1 is 0.732 bits per heavy atom. The first-order chi connectivity index (χ1) is 19.3. The van der Waals surface area contributed by atoms with Crippen molar-refractivity contribution < 1.29 is 39.9 Å². The monoisotopic (exact) mass is 590 g/mol. The number of halogens is 8. The van der Waals surface area contributed by atoms with Crippen LogP contribution in [0.25, 0.3) is 0 Å². The van der Waals surface area contributed by atoms with Crippen molar-refractivity contribution in [2.45, 2.75) is 109 Å². The number of ether oxygens (including phenoxy) is 1. The van der Waals surface area contributed by atoms with E-state index in [1.807, 2.05) is 0 Å². The maximum atomic E-state index is 15.2. The maximum absolute atomic E-state index is 15.2. The zero-order valence-electron chi connectivity index (χ0n) is 23.5. The van der Waals surface area contributed by atoms with E-state index in [4.69, 9.17) is 0 Å². The summed E-state index contributed by atoms with van der Waals surface area (Å²) in [5.41, 5.74) is -3.82. The molecule has 0 N–H and O–H groups in total. The molecule has 2 aliphatic rings. The molecule has 0 unspecified atom stereocenters. The number of aryl methyl sites for hydroxylation is 1. The Hall–Kier alpha value is -2.32. The van der Waals surface area contributed by atoms with E-state index in [9.17, 15) is 22.0 Å². The number of alkyl halides is 5. The Morgan fingerprint density at radius 3 is 1.95 bits per heavy atom. The molecule has 0 heterocycles. The minimum atomic E-state index is -5.23. The van der Waals surface area contributed by atoms with E-state index in [-0.39, 0.29) is 23.8 Å². The molecule has 2 aromatic rings. The Morgan fingerprint density at radius 2 is 1.34 bits per heavy atom. The average molecular weight is 591 g/mol. The lowest BCUT2D eigenvalue weighted by Crippen LogP contribution is -2.27. The van der Waals surface area contributed by atoms with E-state index < -0.39 is 52.2 Å². The molecule has 4 rings (SSSR count). The van der Waals surface area contributed by atoms with Crippen molar-refractivity contribution in [1.29, 1.82) is 0 Å². The molecule has 2 saturated carbocycles. The van der Waals surface area contributed by atoms with Crippen LogP contribution in [0.5, 0.6) is 5.75 Å². The van der Waals surface area contributed by atoms with Crippen LogP contribution in [0.4, 0.5) is 35.1 Å². The number of benzene rings is 2. The van der Waals surface area contributed by atoms with Crippen LogP contribution in [0.1, 0.15) is 113 Å². The lowest BCUT2D eigenvalue weighted by molar-refractivity contribution is -0.190. The van der Waals surface area contributed by atoms with Gasteiger partial charge in [0.15, 0.2) is 11.6 Å². The van der Waals surface area contributed by atoms with Crippen molar-refractivity contribution in [3.8, 4) is 5.75 Å². The number of hydrogen-bond acceptors (Lipinski definition) is 1. The summed E-state index contributed by atoms with van der Waals surface area (Å²) in [4.78, 5) is 0. The van der Waals surface area contributed by atoms with Gasteiger partial charge in [-0.3, -0.25) is 0 Å². The van der Waals surface area contributed by atoms with E-state index in [0.717, 1.165) is 63.5 Å². The molecule has 41 heavy (non-hydrogen) atoms. The first-order valence-electron chi connectivity index (χ1n) is 14.8. The van der Waals surface area contributed by atoms with Gasteiger partial charge in [0.05, 0.1) is 5.56 Å². The molecule has 228 valence electrons. The van der Waals surface area contributed by atoms with Crippen LogP contribution in [-0.4, -0.2) is 0 Å². The predicted octanol–water partition coefficient (Wildman–Crippen LogP) is 11.1. The smallest absolute Gasteiger partial charge is 0.426 e. The molecule has 0 atom stereocenters. The molecule has 0 aliphatic heterocycles. The number of rotatable bonds is 9. The summed E-state index contributed by atoms with van der Waals surface area (Å²) < 4.78 is 121. The molecule has 9 heteroatoms. The summed E-state index contributed by atoms with van der Waals surface area (Å²) in [5.74, 6) is -5.39. The molecular formula is C32H38F8O. The average Bonchev–Trinajstić information content (AvgIpc) is 2.91. The van der Waals surface area contributed by atoms with Gasteiger partial charge in [0.1, 0.15) is 11.4 Å². The van der Waals surface area contributed by atoms with E-state index in [0.29, 0.717) is 37.2 Å². The molecule has 2 aliphatic carbocycles. The molecule has 0 aromatic heterocycles. The number of hydrogen-bond donors (Lipinski definition) is 0. The minimum absolute atomic E-state index is 0.0513. The molecule has 2 fully saturated rings. The second-order valence-corrected chi connectivity index (χ2v) is 12.0. The van der Waals surface area contributed by atoms with Gasteiger partial charge in [-0.15, -0.1) is 0 Å². The van der Waals surface area contributed by atoms with Crippen molar-refractivity contribution >= 4 is 0 Å². The van der Waals surface area contributed by atoms with Gasteiger partial charge in [-0.1, -0.05) is 64.5 Å². The zero-order chi connectivity index (χ0) is 29.9. The Kier molecular flexibility index (Phi) is 9.95. The molecular weight excluding hydrogens is 552 g/mol. The summed E-state index contributed by atoms with van der Waals surface area (Å²) in [6, 6.07) is 3.38. The van der Waals surface area contributed by atoms with Crippen LogP contribution in [0.15, 0.2) is 24.3 Å². The fraction of sp³-hybridized carbons (Fsp3) is 0.625. The molecule has 0 bridgehead atoms. The largest absolute Gasteiger partial charge is 0.429 e. The highest BCUT2D eigenvalue weighted by Crippen LogP contribution is 2.44. The maximum Gasteiger partial charge on any atom is 0.429 e. The zero-order valence-corrected chi connectivity index (χ0v) is 23.5. The van der Waals surface area contributed by atoms with Crippen LogP contribution in [0, 0.1) is 35.2 Å². The van der Waals surface area contributed by atoms with Gasteiger partial charge >= 0.3 is 12.3 Å². The topological polar surface area (TPSA) is 9.23 Å². The Labute approximate surface area is 236 Å². The fourth-order valence-electron chi connectivity index (χ4n) is 6.64. The molecule has 2 aromatic carbocycles. The first-order valence-corrected chi connectivity index (χ1v) is 14.8. The summed E-state index contributed by atoms with van der Waals surface area (Å²) in [6.45, 7) is 4.19. The van der Waals surface area contributed by atoms with E-state index in [1.165, 1.54) is 6.07 Å². The molecule has 0 amide bonds. The van der Waals surface area contributed by atoms with Crippen molar-refractivity contribution in [3.63, 3.8) is 0 Å². The highest BCUT2D eigenvalue weighted by Gasteiger charge is 2.45. The van der Waals surface area contributed by atoms with Crippen molar-refractivity contribution in [1.82, 2.24) is 0 Å². The third-order valence-corrected chi connectivity index (χ3v) is 9.08. The summed E-state index contributed by atoms with van der Waals surface area (Å²) in [5, 5.41) is 0. The van der Waals surface area contributed by atoms with Crippen LogP contribution >= 0.6 is 0 Å². The molecule has 0 saturated heterocycles. The lowest BCUT2D eigenvalue weighted by atomic mass is 9.77. The van der Waals surface area contributed by atoms with Gasteiger partial charge in [-0.2, -0.15) is 26.3 Å². The predicted molar refractivity (Wildman–Crippen MR) is 141 cm³/mol. The van der Waals surface area contributed by atoms with Crippen molar-refractivity contribution in [2.24, 2.45) is 17.8 Å². The van der Waals surface area contributed by atoms with E-state index in [1.54, 1.807) is 0 Å². The van der Waals surface area contributed by atoms with Crippen molar-refractivity contribution in [3.05, 3.63) is 64.0 Å². The second-order valence-electron chi connectivity index (χ2n) is 12.0. The second kappa shape index (κ2) is 12.9. The van der Waals surface area contributed by atoms with Gasteiger partial charge in [-0.25, -0.2) is 8.78 Å². The summed E-state index contributed by atoms with van der Waals surface area (Å²) >= 11 is 0. The highest BCUT2D eigenvalue weighted by atomic mass is 19.4. The summed E-state index contributed by atoms with van der Waals surface area (Å²) in [6.07, 6.45) is -0.938. The fourth-order valence-corrected chi connectivity index (χ4v) is 6.64. The minimum Gasteiger partial charge on any atom is -0.426 e. The van der Waals surface area contributed by atoms with E-state index >= 15 is 13.2 Å². The normalized spacial score (nSPS) is 24.0. The summed E-state index contributed by atoms with van der Waals surface area (Å²) in [7, 11) is 0. The standard InChI is InChI=1S/C32H38F8O/c1-3-4-20-9-12-22(13-10-20)24-16-18-26(30(35)28(24)33)41-32(39,40)25-17-15-23(27(29(25)34)31(36,37)38)14-11-21-7-5-19(2)6-8-21/h15-22H,3-14H2,1-2H3. The first kappa shape index (κ1) is 31.6.